The second-order valence-corrected chi connectivity index (χ2v) is 4.73. The molecule has 1 amide bonds. The highest BCUT2D eigenvalue weighted by atomic mass is 35.5. The minimum Gasteiger partial charge on any atom is -0.497 e. The third-order valence-corrected chi connectivity index (χ3v) is 3.20. The maximum absolute atomic E-state index is 11.9. The number of amides is 1. The molecule has 0 spiro atoms. The Kier molecular flexibility index (Phi) is 5.38. The van der Waals surface area contributed by atoms with Gasteiger partial charge in [0.1, 0.15) is 11.5 Å². The molecule has 114 valence electrons. The van der Waals surface area contributed by atoms with Gasteiger partial charge in [0.2, 0.25) is 0 Å². The summed E-state index contributed by atoms with van der Waals surface area (Å²) >= 11 is 5.95. The summed E-state index contributed by atoms with van der Waals surface area (Å²) in [6.45, 7) is 0. The van der Waals surface area contributed by atoms with Gasteiger partial charge in [0.15, 0.2) is 0 Å². The van der Waals surface area contributed by atoms with E-state index in [4.69, 9.17) is 21.1 Å². The highest BCUT2D eigenvalue weighted by molar-refractivity contribution is 6.33. The van der Waals surface area contributed by atoms with Crippen LogP contribution in [-0.2, 0) is 0 Å². The summed E-state index contributed by atoms with van der Waals surface area (Å²) in [4.78, 5) is 11.9. The minimum atomic E-state index is -0.378. The van der Waals surface area contributed by atoms with Crippen LogP contribution in [0.4, 0.5) is 0 Å². The first kappa shape index (κ1) is 15.9. The first-order valence-electron chi connectivity index (χ1n) is 6.45. The molecule has 0 saturated carbocycles. The lowest BCUT2D eigenvalue weighted by atomic mass is 10.2. The van der Waals surface area contributed by atoms with Gasteiger partial charge in [-0.05, 0) is 24.3 Å². The van der Waals surface area contributed by atoms with Gasteiger partial charge in [-0.25, -0.2) is 5.43 Å². The van der Waals surface area contributed by atoms with E-state index in [1.165, 1.54) is 6.21 Å². The van der Waals surface area contributed by atoms with E-state index in [9.17, 15) is 4.79 Å². The number of carbonyl (C=O) groups is 1. The van der Waals surface area contributed by atoms with Crippen LogP contribution in [0.25, 0.3) is 0 Å². The number of halogens is 1. The number of carbonyl (C=O) groups excluding carboxylic acids is 1. The third-order valence-electron chi connectivity index (χ3n) is 2.87. The standard InChI is InChI=1S/C16H15ClN2O3/c1-21-12-7-11(8-13(9-12)22-2)10-18-19-16(20)14-5-3-4-6-15(14)17/h3-10H,1-2H3,(H,19,20)/b18-10-. The SMILES string of the molecule is COc1cc(/C=N\NC(=O)c2ccccc2Cl)cc(OC)c1. The Hall–Kier alpha value is -2.53. The zero-order valence-corrected chi connectivity index (χ0v) is 12.9. The molecule has 2 aromatic rings. The Labute approximate surface area is 133 Å². The smallest absolute Gasteiger partial charge is 0.272 e. The van der Waals surface area contributed by atoms with Crippen LogP contribution in [0.3, 0.4) is 0 Å². The molecule has 0 atom stereocenters. The monoisotopic (exact) mass is 318 g/mol. The third kappa shape index (κ3) is 3.99. The van der Waals surface area contributed by atoms with E-state index >= 15 is 0 Å². The molecule has 2 aromatic carbocycles. The molecule has 0 aliphatic rings. The molecule has 0 unspecified atom stereocenters. The van der Waals surface area contributed by atoms with Gasteiger partial charge in [0.05, 0.1) is 31.0 Å². The highest BCUT2D eigenvalue weighted by Crippen LogP contribution is 2.21. The number of benzene rings is 2. The number of ether oxygens (including phenoxy) is 2. The van der Waals surface area contributed by atoms with Crippen molar-refractivity contribution in [1.82, 2.24) is 5.43 Å². The second kappa shape index (κ2) is 7.47. The van der Waals surface area contributed by atoms with Crippen molar-refractivity contribution in [3.05, 3.63) is 58.6 Å². The van der Waals surface area contributed by atoms with Gasteiger partial charge in [0, 0.05) is 11.6 Å². The Morgan fingerprint density at radius 3 is 2.36 bits per heavy atom. The van der Waals surface area contributed by atoms with Gasteiger partial charge in [-0.3, -0.25) is 4.79 Å². The number of hydrogen-bond donors (Lipinski definition) is 1. The molecule has 0 saturated heterocycles. The van der Waals surface area contributed by atoms with Gasteiger partial charge in [-0.1, -0.05) is 23.7 Å². The fourth-order valence-electron chi connectivity index (χ4n) is 1.77. The van der Waals surface area contributed by atoms with Crippen molar-refractivity contribution in [3.8, 4) is 11.5 Å². The fourth-order valence-corrected chi connectivity index (χ4v) is 2.00. The Morgan fingerprint density at radius 2 is 1.77 bits per heavy atom. The van der Waals surface area contributed by atoms with Crippen molar-refractivity contribution >= 4 is 23.7 Å². The van der Waals surface area contributed by atoms with E-state index in [0.717, 1.165) is 5.56 Å². The number of hydrogen-bond acceptors (Lipinski definition) is 4. The molecular formula is C16H15ClN2O3. The molecular weight excluding hydrogens is 304 g/mol. The van der Waals surface area contributed by atoms with Gasteiger partial charge >= 0.3 is 0 Å². The molecule has 0 aliphatic carbocycles. The molecule has 0 aromatic heterocycles. The molecule has 0 aliphatic heterocycles. The maximum atomic E-state index is 11.9. The van der Waals surface area contributed by atoms with E-state index in [-0.39, 0.29) is 5.91 Å². The largest absolute Gasteiger partial charge is 0.497 e. The topological polar surface area (TPSA) is 59.9 Å². The average Bonchev–Trinajstić information content (AvgIpc) is 2.54. The molecule has 0 radical (unpaired) electrons. The molecule has 0 fully saturated rings. The molecule has 22 heavy (non-hydrogen) atoms. The number of nitrogens with zero attached hydrogens (tertiary/aromatic N) is 1. The van der Waals surface area contributed by atoms with Crippen LogP contribution in [0.1, 0.15) is 15.9 Å². The molecule has 5 nitrogen and oxygen atoms in total. The van der Waals surface area contributed by atoms with E-state index in [1.54, 1.807) is 56.7 Å². The van der Waals surface area contributed by atoms with Gasteiger partial charge in [-0.15, -0.1) is 0 Å². The fraction of sp³-hybridized carbons (Fsp3) is 0.125. The van der Waals surface area contributed by atoms with E-state index in [2.05, 4.69) is 10.5 Å². The molecule has 1 N–H and O–H groups in total. The van der Waals surface area contributed by atoms with Crippen molar-refractivity contribution in [1.29, 1.82) is 0 Å². The van der Waals surface area contributed by atoms with Gasteiger partial charge in [0.25, 0.3) is 5.91 Å². The van der Waals surface area contributed by atoms with E-state index in [0.29, 0.717) is 22.1 Å². The molecule has 2 rings (SSSR count). The van der Waals surface area contributed by atoms with E-state index in [1.807, 2.05) is 0 Å². The van der Waals surface area contributed by atoms with Crippen LogP contribution < -0.4 is 14.9 Å². The van der Waals surface area contributed by atoms with Crippen LogP contribution in [0.2, 0.25) is 5.02 Å². The second-order valence-electron chi connectivity index (χ2n) is 4.32. The summed E-state index contributed by atoms with van der Waals surface area (Å²) in [5.74, 6) is 0.896. The van der Waals surface area contributed by atoms with Gasteiger partial charge in [-0.2, -0.15) is 5.10 Å². The van der Waals surface area contributed by atoms with Crippen LogP contribution in [-0.4, -0.2) is 26.3 Å². The van der Waals surface area contributed by atoms with Crippen molar-refractivity contribution in [2.75, 3.05) is 14.2 Å². The first-order chi connectivity index (χ1) is 10.6. The highest BCUT2D eigenvalue weighted by Gasteiger charge is 2.07. The summed E-state index contributed by atoms with van der Waals surface area (Å²) < 4.78 is 10.3. The predicted octanol–water partition coefficient (Wildman–Crippen LogP) is 3.12. The summed E-state index contributed by atoms with van der Waals surface area (Å²) in [7, 11) is 3.13. The molecule has 0 heterocycles. The Morgan fingerprint density at radius 1 is 1.14 bits per heavy atom. The van der Waals surface area contributed by atoms with Crippen LogP contribution in [0, 0.1) is 0 Å². The van der Waals surface area contributed by atoms with Crippen LogP contribution >= 0.6 is 11.6 Å². The summed E-state index contributed by atoms with van der Waals surface area (Å²) in [5, 5.41) is 4.29. The van der Waals surface area contributed by atoms with Crippen LogP contribution in [0.5, 0.6) is 11.5 Å². The quantitative estimate of drug-likeness (QED) is 0.680. The lowest BCUT2D eigenvalue weighted by Crippen LogP contribution is -2.17. The Balaban J connectivity index is 2.09. The van der Waals surface area contributed by atoms with Crippen molar-refractivity contribution in [2.45, 2.75) is 0 Å². The zero-order valence-electron chi connectivity index (χ0n) is 12.2. The van der Waals surface area contributed by atoms with Crippen molar-refractivity contribution < 1.29 is 14.3 Å². The minimum absolute atomic E-state index is 0.365. The van der Waals surface area contributed by atoms with Crippen molar-refractivity contribution in [3.63, 3.8) is 0 Å². The summed E-state index contributed by atoms with van der Waals surface area (Å²) in [5.41, 5.74) is 3.53. The summed E-state index contributed by atoms with van der Waals surface area (Å²) in [6.07, 6.45) is 1.50. The van der Waals surface area contributed by atoms with Gasteiger partial charge < -0.3 is 9.47 Å². The van der Waals surface area contributed by atoms with Crippen LogP contribution in [0.15, 0.2) is 47.6 Å². The number of hydrazone groups is 1. The molecule has 0 bridgehead atoms. The number of rotatable bonds is 5. The summed E-state index contributed by atoms with van der Waals surface area (Å²) in [6, 6.07) is 12.1. The normalized spacial score (nSPS) is 10.5. The van der Waals surface area contributed by atoms with E-state index < -0.39 is 0 Å². The number of nitrogens with one attached hydrogen (secondary N) is 1. The predicted molar refractivity (Wildman–Crippen MR) is 86.1 cm³/mol. The zero-order chi connectivity index (χ0) is 15.9. The van der Waals surface area contributed by atoms with Crippen molar-refractivity contribution in [2.24, 2.45) is 5.10 Å². The lowest BCUT2D eigenvalue weighted by molar-refractivity contribution is 0.0955. The lowest BCUT2D eigenvalue weighted by Gasteiger charge is -2.05. The Bertz CT molecular complexity index is 679. The average molecular weight is 319 g/mol. The number of methoxy groups -OCH3 is 2. The first-order valence-corrected chi connectivity index (χ1v) is 6.83. The maximum Gasteiger partial charge on any atom is 0.272 e. The molecule has 6 heteroatoms.